The smallest absolute Gasteiger partial charge is 0.252 e. The van der Waals surface area contributed by atoms with E-state index in [0.717, 1.165) is 19.4 Å². The Morgan fingerprint density at radius 1 is 1.47 bits per heavy atom. The maximum absolute atomic E-state index is 12.1. The number of amides is 1. The molecule has 4 bridgehead atoms. The molecule has 3 heteroatoms. The fourth-order valence-electron chi connectivity index (χ4n) is 4.46. The zero-order valence-electron chi connectivity index (χ0n) is 9.72. The van der Waals surface area contributed by atoms with Crippen molar-refractivity contribution < 1.29 is 9.53 Å². The molecule has 1 amide bonds. The molecule has 1 saturated heterocycles. The Hall–Kier alpha value is -0.570. The van der Waals surface area contributed by atoms with Gasteiger partial charge in [-0.1, -0.05) is 13.8 Å². The van der Waals surface area contributed by atoms with E-state index >= 15 is 0 Å². The molecule has 3 rings (SSSR count). The molecule has 1 aliphatic heterocycles. The van der Waals surface area contributed by atoms with Crippen LogP contribution in [-0.4, -0.2) is 25.2 Å². The van der Waals surface area contributed by atoms with Crippen LogP contribution in [0.15, 0.2) is 0 Å². The first-order chi connectivity index (χ1) is 7.00. The molecule has 0 aromatic carbocycles. The quantitative estimate of drug-likeness (QED) is 0.707. The van der Waals surface area contributed by atoms with E-state index < -0.39 is 5.60 Å². The maximum atomic E-state index is 12.1. The minimum absolute atomic E-state index is 0.0603. The minimum Gasteiger partial charge on any atom is -0.364 e. The normalized spacial score (nSPS) is 56.1. The van der Waals surface area contributed by atoms with Gasteiger partial charge in [0.1, 0.15) is 0 Å². The summed E-state index contributed by atoms with van der Waals surface area (Å²) >= 11 is 0. The summed E-state index contributed by atoms with van der Waals surface area (Å²) in [6.07, 6.45) is 3.34. The number of rotatable bonds is 1. The zero-order valence-corrected chi connectivity index (χ0v) is 9.72. The highest BCUT2D eigenvalue weighted by atomic mass is 16.5. The van der Waals surface area contributed by atoms with E-state index in [-0.39, 0.29) is 16.7 Å². The number of likely N-dealkylation sites (N-methyl/N-ethyl adjacent to an activating group) is 1. The van der Waals surface area contributed by atoms with Crippen LogP contribution in [0, 0.1) is 16.7 Å². The van der Waals surface area contributed by atoms with Gasteiger partial charge in [-0.15, -0.1) is 0 Å². The fraction of sp³-hybridized carbons (Fsp3) is 0.917. The van der Waals surface area contributed by atoms with Crippen LogP contribution in [0.2, 0.25) is 0 Å². The van der Waals surface area contributed by atoms with Crippen molar-refractivity contribution in [1.29, 1.82) is 0 Å². The van der Waals surface area contributed by atoms with Crippen molar-refractivity contribution in [3.05, 3.63) is 0 Å². The molecule has 84 valence electrons. The third kappa shape index (κ3) is 0.718. The van der Waals surface area contributed by atoms with Crippen molar-refractivity contribution in [3.63, 3.8) is 0 Å². The number of nitrogens with one attached hydrogen (secondary N) is 1. The van der Waals surface area contributed by atoms with Gasteiger partial charge in [-0.3, -0.25) is 4.79 Å². The number of hydrogen-bond acceptors (Lipinski definition) is 2. The van der Waals surface area contributed by atoms with Crippen molar-refractivity contribution in [1.82, 2.24) is 5.32 Å². The van der Waals surface area contributed by atoms with Crippen LogP contribution < -0.4 is 5.32 Å². The first-order valence-corrected chi connectivity index (χ1v) is 5.86. The van der Waals surface area contributed by atoms with E-state index in [1.54, 1.807) is 7.05 Å². The second-order valence-corrected chi connectivity index (χ2v) is 5.88. The number of ether oxygens (including phenoxy) is 1. The molecule has 15 heavy (non-hydrogen) atoms. The van der Waals surface area contributed by atoms with Gasteiger partial charge in [-0.05, 0) is 25.2 Å². The molecular formula is C12H19NO2. The highest BCUT2D eigenvalue weighted by Crippen LogP contribution is 2.74. The van der Waals surface area contributed by atoms with E-state index in [1.165, 1.54) is 6.42 Å². The molecule has 4 atom stereocenters. The average molecular weight is 209 g/mol. The van der Waals surface area contributed by atoms with Crippen LogP contribution in [0.25, 0.3) is 0 Å². The van der Waals surface area contributed by atoms with Gasteiger partial charge in [0, 0.05) is 17.9 Å². The lowest BCUT2D eigenvalue weighted by atomic mass is 9.66. The van der Waals surface area contributed by atoms with Crippen LogP contribution in [0.3, 0.4) is 0 Å². The summed E-state index contributed by atoms with van der Waals surface area (Å²) in [6.45, 7) is 5.33. The Labute approximate surface area is 90.6 Å². The SMILES string of the molecule is CNC(=O)[C@@]12C[C@H]3CC[C@@]1(C)[C@@]3(C)CO2. The van der Waals surface area contributed by atoms with Crippen molar-refractivity contribution >= 4 is 5.91 Å². The van der Waals surface area contributed by atoms with Gasteiger partial charge in [0.2, 0.25) is 0 Å². The summed E-state index contributed by atoms with van der Waals surface area (Å²) < 4.78 is 5.92. The fourth-order valence-corrected chi connectivity index (χ4v) is 4.46. The standard InChI is InChI=1S/C12H19NO2/c1-10-7-15-12(9(14)13-3)6-8(10)4-5-11(10,12)2/h8H,4-7H2,1-3H3,(H,13,14)/t8-,10+,11+,12+/m1/s1. The first-order valence-electron chi connectivity index (χ1n) is 5.86. The minimum atomic E-state index is -0.514. The lowest BCUT2D eigenvalue weighted by Crippen LogP contribution is -2.54. The molecule has 0 aromatic heterocycles. The molecule has 0 aromatic rings. The molecule has 2 aliphatic carbocycles. The lowest BCUT2D eigenvalue weighted by molar-refractivity contribution is -0.155. The van der Waals surface area contributed by atoms with Gasteiger partial charge in [-0.25, -0.2) is 0 Å². The van der Waals surface area contributed by atoms with Crippen molar-refractivity contribution in [2.75, 3.05) is 13.7 Å². The Kier molecular flexibility index (Phi) is 1.54. The summed E-state index contributed by atoms with van der Waals surface area (Å²) in [4.78, 5) is 12.1. The predicted octanol–water partition coefficient (Wildman–Crippen LogP) is 1.33. The molecule has 3 aliphatic rings. The van der Waals surface area contributed by atoms with E-state index in [0.29, 0.717) is 5.92 Å². The van der Waals surface area contributed by atoms with Crippen LogP contribution in [-0.2, 0) is 9.53 Å². The highest BCUT2D eigenvalue weighted by molar-refractivity contribution is 5.87. The highest BCUT2D eigenvalue weighted by Gasteiger charge is 2.78. The summed E-state index contributed by atoms with van der Waals surface area (Å²) in [6, 6.07) is 0. The summed E-state index contributed by atoms with van der Waals surface area (Å²) in [7, 11) is 1.71. The maximum Gasteiger partial charge on any atom is 0.252 e. The second kappa shape index (κ2) is 2.40. The van der Waals surface area contributed by atoms with Crippen molar-refractivity contribution in [2.24, 2.45) is 16.7 Å². The Bertz CT molecular complexity index is 343. The number of carbonyl (C=O) groups is 1. The number of hydrogen-bond donors (Lipinski definition) is 1. The van der Waals surface area contributed by atoms with Gasteiger partial charge in [0.25, 0.3) is 5.91 Å². The van der Waals surface area contributed by atoms with Crippen LogP contribution in [0.4, 0.5) is 0 Å². The third-order valence-corrected chi connectivity index (χ3v) is 5.79. The number of carbonyl (C=O) groups excluding carboxylic acids is 1. The summed E-state index contributed by atoms with van der Waals surface area (Å²) in [5.41, 5.74) is -0.219. The molecule has 0 radical (unpaired) electrons. The van der Waals surface area contributed by atoms with Crippen LogP contribution >= 0.6 is 0 Å². The second-order valence-electron chi connectivity index (χ2n) is 5.88. The molecule has 0 unspecified atom stereocenters. The molecular weight excluding hydrogens is 190 g/mol. The Morgan fingerprint density at radius 2 is 2.20 bits per heavy atom. The van der Waals surface area contributed by atoms with Gasteiger partial charge < -0.3 is 10.1 Å². The molecule has 1 heterocycles. The molecule has 0 spiro atoms. The van der Waals surface area contributed by atoms with Crippen molar-refractivity contribution in [3.8, 4) is 0 Å². The average Bonchev–Trinajstić information content (AvgIpc) is 2.70. The summed E-state index contributed by atoms with van der Waals surface area (Å²) in [5, 5.41) is 2.79. The zero-order chi connectivity index (χ0) is 10.9. The van der Waals surface area contributed by atoms with Crippen LogP contribution in [0.1, 0.15) is 33.1 Å². The molecule has 3 fully saturated rings. The Morgan fingerprint density at radius 3 is 2.73 bits per heavy atom. The molecule has 2 saturated carbocycles. The van der Waals surface area contributed by atoms with Gasteiger partial charge in [0.05, 0.1) is 6.61 Å². The summed E-state index contributed by atoms with van der Waals surface area (Å²) in [5.74, 6) is 0.782. The van der Waals surface area contributed by atoms with Gasteiger partial charge in [0.15, 0.2) is 5.60 Å². The van der Waals surface area contributed by atoms with Gasteiger partial charge >= 0.3 is 0 Å². The van der Waals surface area contributed by atoms with E-state index in [1.807, 2.05) is 0 Å². The van der Waals surface area contributed by atoms with Crippen LogP contribution in [0.5, 0.6) is 0 Å². The first kappa shape index (κ1) is 9.64. The van der Waals surface area contributed by atoms with Gasteiger partial charge in [-0.2, -0.15) is 0 Å². The third-order valence-electron chi connectivity index (χ3n) is 5.79. The topological polar surface area (TPSA) is 38.3 Å². The Balaban J connectivity index is 2.12. The lowest BCUT2D eigenvalue weighted by Gasteiger charge is -2.39. The monoisotopic (exact) mass is 209 g/mol. The van der Waals surface area contributed by atoms with Crippen molar-refractivity contribution in [2.45, 2.75) is 38.7 Å². The van der Waals surface area contributed by atoms with E-state index in [9.17, 15) is 4.79 Å². The molecule has 1 N–H and O–H groups in total. The molecule has 3 nitrogen and oxygen atoms in total. The largest absolute Gasteiger partial charge is 0.364 e. The predicted molar refractivity (Wildman–Crippen MR) is 56.3 cm³/mol. The van der Waals surface area contributed by atoms with E-state index in [4.69, 9.17) is 4.74 Å². The van der Waals surface area contributed by atoms with E-state index in [2.05, 4.69) is 19.2 Å².